The first-order valence-electron chi connectivity index (χ1n) is 23.4. The predicted molar refractivity (Wildman–Crippen MR) is 260 cm³/mol. The lowest BCUT2D eigenvalue weighted by Crippen LogP contribution is -2.61. The number of nitrogens with one attached hydrogen (secondary N) is 2. The monoisotopic (exact) mass is 829 g/mol. The number of hydrogen-bond acceptors (Lipinski definition) is 5. The Balaban J connectivity index is 0.962. The van der Waals surface area contributed by atoms with Crippen LogP contribution in [-0.4, -0.2) is 35.0 Å². The Morgan fingerprint density at radius 3 is 2.56 bits per heavy atom. The van der Waals surface area contributed by atoms with E-state index in [0.717, 1.165) is 57.2 Å². The second kappa shape index (κ2) is 16.4. The van der Waals surface area contributed by atoms with Crippen LogP contribution >= 0.6 is 11.8 Å². The van der Waals surface area contributed by atoms with Crippen LogP contribution in [0.3, 0.4) is 0 Å². The molecule has 0 radical (unpaired) electrons. The standard InChI is InChI=1S/C56H55N5S/c1-5-17-36(18-6-1)39-23-15-24-40(31-39)41-32-47(56-59-54(37-19-7-2-8-20-37)58-55(60-56)38-21-9-3-10-22-38)53(57-35-41)44-28-16-30-50-52(44)46-33-45-43-27-13-14-29-48(43)61(42-25-11-4-12-26-42)49(45)34-51(46)62-50/h2-5,7,9,11-13,15,17,19,21,23-27,30-36,44,47,52-54,56,59H,1,6,8,10,14,16,18,20,22,28-29H2,(H,58,60). The van der Waals surface area contributed by atoms with Crippen molar-refractivity contribution in [3.05, 3.63) is 178 Å². The molecule has 5 nitrogen and oxygen atoms in total. The van der Waals surface area contributed by atoms with Crippen molar-refractivity contribution in [3.8, 4) is 5.69 Å². The van der Waals surface area contributed by atoms with Crippen LogP contribution in [0.15, 0.2) is 164 Å². The largest absolute Gasteiger partial charge is 0.354 e. The number of allylic oxidation sites excluding steroid dienone is 12. The molecule has 0 fully saturated rings. The van der Waals surface area contributed by atoms with Crippen molar-refractivity contribution in [2.75, 3.05) is 0 Å². The van der Waals surface area contributed by atoms with Gasteiger partial charge in [0.1, 0.15) is 12.0 Å². The first kappa shape index (κ1) is 38.3. The Morgan fingerprint density at radius 2 is 1.71 bits per heavy atom. The van der Waals surface area contributed by atoms with Gasteiger partial charge >= 0.3 is 0 Å². The Morgan fingerprint density at radius 1 is 0.806 bits per heavy atom. The molecule has 5 aliphatic carbocycles. The first-order valence-corrected chi connectivity index (χ1v) is 24.2. The number of thioether (sulfide) groups is 1. The minimum Gasteiger partial charge on any atom is -0.354 e. The highest BCUT2D eigenvalue weighted by Gasteiger charge is 2.46. The van der Waals surface area contributed by atoms with E-state index in [0.29, 0.717) is 17.8 Å². The maximum absolute atomic E-state index is 5.76. The summed E-state index contributed by atoms with van der Waals surface area (Å²) in [6.45, 7) is 0. The summed E-state index contributed by atoms with van der Waals surface area (Å²) in [6, 6.07) is 25.5. The molecule has 6 heteroatoms. The summed E-state index contributed by atoms with van der Waals surface area (Å²) in [5.41, 5.74) is 13.5. The van der Waals surface area contributed by atoms with Crippen LogP contribution in [0.5, 0.6) is 0 Å². The molecule has 0 saturated heterocycles. The third kappa shape index (κ3) is 6.91. The number of fused-ring (bicyclic) bond motifs is 6. The second-order valence-electron chi connectivity index (χ2n) is 18.4. The van der Waals surface area contributed by atoms with E-state index < -0.39 is 0 Å². The van der Waals surface area contributed by atoms with Crippen molar-refractivity contribution in [2.45, 2.75) is 106 Å². The van der Waals surface area contributed by atoms with Crippen molar-refractivity contribution in [1.82, 2.24) is 15.2 Å². The molecule has 4 heterocycles. The van der Waals surface area contributed by atoms with Crippen LogP contribution in [0.1, 0.15) is 104 Å². The summed E-state index contributed by atoms with van der Waals surface area (Å²) in [6.07, 6.45) is 42.5. The van der Waals surface area contributed by atoms with Gasteiger partial charge in [-0.2, -0.15) is 0 Å². The van der Waals surface area contributed by atoms with Gasteiger partial charge in [0.15, 0.2) is 0 Å². The molecule has 0 saturated carbocycles. The third-order valence-corrected chi connectivity index (χ3v) is 15.9. The van der Waals surface area contributed by atoms with Gasteiger partial charge in [-0.05, 0) is 139 Å². The minimum absolute atomic E-state index is 0.0459. The van der Waals surface area contributed by atoms with Gasteiger partial charge in [0.25, 0.3) is 0 Å². The number of benzene rings is 3. The molecule has 310 valence electrons. The second-order valence-corrected chi connectivity index (χ2v) is 19.5. The molecule has 1 aromatic heterocycles. The molecule has 4 aromatic rings. The number of dihydropyridines is 1. The van der Waals surface area contributed by atoms with Gasteiger partial charge in [0, 0.05) is 51.2 Å². The Kier molecular flexibility index (Phi) is 10.1. The lowest BCUT2D eigenvalue weighted by atomic mass is 9.70. The van der Waals surface area contributed by atoms with Crippen molar-refractivity contribution in [2.24, 2.45) is 21.8 Å². The molecule has 0 bridgehead atoms. The van der Waals surface area contributed by atoms with Crippen molar-refractivity contribution in [3.63, 3.8) is 0 Å². The van der Waals surface area contributed by atoms with Crippen molar-refractivity contribution in [1.29, 1.82) is 0 Å². The van der Waals surface area contributed by atoms with Crippen LogP contribution in [-0.2, 0) is 6.42 Å². The van der Waals surface area contributed by atoms with Crippen molar-refractivity contribution >= 4 is 46.4 Å². The zero-order chi connectivity index (χ0) is 41.0. The van der Waals surface area contributed by atoms with E-state index in [-0.39, 0.29) is 24.3 Å². The topological polar surface area (TPSA) is 53.7 Å². The van der Waals surface area contributed by atoms with Crippen LogP contribution in [0.4, 0.5) is 0 Å². The lowest BCUT2D eigenvalue weighted by molar-refractivity contribution is 0.233. The van der Waals surface area contributed by atoms with Gasteiger partial charge in [-0.3, -0.25) is 10.3 Å². The summed E-state index contributed by atoms with van der Waals surface area (Å²) < 4.78 is 2.54. The van der Waals surface area contributed by atoms with E-state index >= 15 is 0 Å². The first-order chi connectivity index (χ1) is 30.7. The highest BCUT2D eigenvalue weighted by atomic mass is 32.2. The zero-order valence-corrected chi connectivity index (χ0v) is 36.2. The molecule has 0 spiro atoms. The van der Waals surface area contributed by atoms with E-state index in [1.54, 1.807) is 0 Å². The summed E-state index contributed by atoms with van der Waals surface area (Å²) >= 11 is 2.02. The Bertz CT molecular complexity index is 2750. The fourth-order valence-corrected chi connectivity index (χ4v) is 13.0. The summed E-state index contributed by atoms with van der Waals surface area (Å²) in [7, 11) is 0. The number of nitrogens with zero attached hydrogens (tertiary/aromatic N) is 3. The van der Waals surface area contributed by atoms with Crippen LogP contribution in [0.2, 0.25) is 0 Å². The van der Waals surface area contributed by atoms with Gasteiger partial charge in [-0.1, -0.05) is 127 Å². The maximum atomic E-state index is 5.76. The fourth-order valence-electron chi connectivity index (χ4n) is 11.7. The van der Waals surface area contributed by atoms with E-state index in [2.05, 4.69) is 161 Å². The highest BCUT2D eigenvalue weighted by Crippen LogP contribution is 2.58. The number of aromatic nitrogens is 1. The van der Waals surface area contributed by atoms with Gasteiger partial charge < -0.3 is 9.88 Å². The summed E-state index contributed by atoms with van der Waals surface area (Å²) in [5.74, 6) is 2.27. The van der Waals surface area contributed by atoms with E-state index in [9.17, 15) is 0 Å². The number of amidine groups is 1. The molecule has 0 amide bonds. The molecule has 8 aliphatic rings. The molecular formula is C56H55N5S. The number of para-hydroxylation sites is 1. The molecule has 3 aromatic carbocycles. The molecule has 12 rings (SSSR count). The number of rotatable bonds is 7. The average molecular weight is 830 g/mol. The van der Waals surface area contributed by atoms with Gasteiger partial charge in [-0.25, -0.2) is 4.99 Å². The quantitative estimate of drug-likeness (QED) is 0.182. The normalized spacial score (nSPS) is 28.6. The maximum Gasteiger partial charge on any atom is 0.127 e. The molecule has 62 heavy (non-hydrogen) atoms. The third-order valence-electron chi connectivity index (χ3n) is 14.7. The Hall–Kier alpha value is -5.43. The molecule has 7 atom stereocenters. The average Bonchev–Trinajstić information content (AvgIpc) is 3.89. The summed E-state index contributed by atoms with van der Waals surface area (Å²) in [4.78, 5) is 14.1. The number of aliphatic imine (C=N–C) groups is 2. The van der Waals surface area contributed by atoms with Gasteiger partial charge in [0.2, 0.25) is 0 Å². The fraction of sp³-hybridized carbons (Fsp3) is 0.321. The SMILES string of the molecule is C1=CCCC(C2=NC(C3=CC=CCC3)NC(C3C=C(c4cccc(C5C=CCCC5)c4)C=NC3C3CCC=C4Sc5cc6c(cc5C43)c3c(n6-c4ccccc4)CCC=C3)N2)=C1. The minimum atomic E-state index is -0.0800. The van der Waals surface area contributed by atoms with Crippen LogP contribution in [0.25, 0.3) is 28.2 Å². The van der Waals surface area contributed by atoms with Gasteiger partial charge in [-0.15, -0.1) is 0 Å². The van der Waals surface area contributed by atoms with Crippen molar-refractivity contribution < 1.29 is 0 Å². The molecule has 2 N–H and O–H groups in total. The van der Waals surface area contributed by atoms with E-state index in [1.807, 2.05) is 11.8 Å². The molecule has 3 aliphatic heterocycles. The van der Waals surface area contributed by atoms with Crippen LogP contribution < -0.4 is 10.6 Å². The van der Waals surface area contributed by atoms with E-state index in [4.69, 9.17) is 9.98 Å². The zero-order valence-electron chi connectivity index (χ0n) is 35.4. The molecule has 7 unspecified atom stereocenters. The smallest absolute Gasteiger partial charge is 0.127 e. The molecular weight excluding hydrogens is 775 g/mol. The summed E-state index contributed by atoms with van der Waals surface area (Å²) in [5, 5.41) is 9.55. The lowest BCUT2D eigenvalue weighted by Gasteiger charge is -2.44. The van der Waals surface area contributed by atoms with Crippen LogP contribution in [0, 0.1) is 11.8 Å². The van der Waals surface area contributed by atoms with Gasteiger partial charge in [0.05, 0.1) is 17.7 Å². The Labute approximate surface area is 370 Å². The highest BCUT2D eigenvalue weighted by molar-refractivity contribution is 8.03. The van der Waals surface area contributed by atoms with E-state index in [1.165, 1.54) is 90.3 Å². The predicted octanol–water partition coefficient (Wildman–Crippen LogP) is 12.8. The number of hydrogen-bond donors (Lipinski definition) is 2.